The van der Waals surface area contributed by atoms with Gasteiger partial charge in [-0.2, -0.15) is 0 Å². The van der Waals surface area contributed by atoms with Gasteiger partial charge in [-0.15, -0.1) is 10.2 Å². The molecule has 1 aromatic heterocycles. The van der Waals surface area contributed by atoms with E-state index in [1.165, 1.54) is 25.8 Å². The lowest BCUT2D eigenvalue weighted by molar-refractivity contribution is 0.181. The molecule has 5 nitrogen and oxygen atoms in total. The number of hydrogen-bond acceptors (Lipinski definition) is 4. The van der Waals surface area contributed by atoms with Crippen molar-refractivity contribution in [3.8, 4) is 0 Å². The quantitative estimate of drug-likeness (QED) is 0.833. The van der Waals surface area contributed by atoms with Crippen LogP contribution >= 0.6 is 0 Å². The second-order valence-electron chi connectivity index (χ2n) is 5.78. The first-order valence-corrected chi connectivity index (χ1v) is 7.11. The van der Waals surface area contributed by atoms with Crippen molar-refractivity contribution in [2.45, 2.75) is 57.2 Å². The van der Waals surface area contributed by atoms with Crippen LogP contribution in [0, 0.1) is 0 Å². The molecule has 0 spiro atoms. The van der Waals surface area contributed by atoms with E-state index in [-0.39, 0.29) is 6.04 Å². The van der Waals surface area contributed by atoms with Crippen molar-refractivity contribution in [1.82, 2.24) is 19.7 Å². The molecule has 2 aliphatic heterocycles. The Labute approximate surface area is 108 Å². The number of likely N-dealkylation sites (tertiary alicyclic amines) is 1. The molecule has 0 bridgehead atoms. The van der Waals surface area contributed by atoms with Crippen molar-refractivity contribution in [3.05, 3.63) is 11.6 Å². The fourth-order valence-electron chi connectivity index (χ4n) is 3.17. The third-order valence-electron chi connectivity index (χ3n) is 4.40. The van der Waals surface area contributed by atoms with Crippen LogP contribution in [0.3, 0.4) is 0 Å². The van der Waals surface area contributed by atoms with Gasteiger partial charge in [0.25, 0.3) is 0 Å². The van der Waals surface area contributed by atoms with Gasteiger partial charge in [-0.1, -0.05) is 6.42 Å². The normalized spacial score (nSPS) is 29.2. The summed E-state index contributed by atoms with van der Waals surface area (Å²) in [6.07, 6.45) is 7.00. The Morgan fingerprint density at radius 3 is 3.00 bits per heavy atom. The number of aromatic nitrogens is 3. The molecule has 5 heteroatoms. The Morgan fingerprint density at radius 1 is 1.28 bits per heavy atom. The van der Waals surface area contributed by atoms with Gasteiger partial charge in [0, 0.05) is 31.5 Å². The highest BCUT2D eigenvalue weighted by atomic mass is 15.3. The number of rotatable bonds is 2. The highest BCUT2D eigenvalue weighted by Crippen LogP contribution is 2.20. The van der Waals surface area contributed by atoms with Crippen LogP contribution < -0.4 is 5.73 Å². The largest absolute Gasteiger partial charge is 0.326 e. The van der Waals surface area contributed by atoms with E-state index < -0.39 is 0 Å². The molecule has 1 fully saturated rings. The molecule has 3 rings (SSSR count). The molecule has 0 aromatic carbocycles. The van der Waals surface area contributed by atoms with Crippen molar-refractivity contribution >= 4 is 0 Å². The highest BCUT2D eigenvalue weighted by molar-refractivity contribution is 5.03. The maximum absolute atomic E-state index is 6.05. The maximum atomic E-state index is 6.05. The van der Waals surface area contributed by atoms with Gasteiger partial charge in [0.2, 0.25) is 0 Å². The zero-order chi connectivity index (χ0) is 12.5. The van der Waals surface area contributed by atoms with E-state index in [1.54, 1.807) is 0 Å². The predicted molar refractivity (Wildman–Crippen MR) is 70.3 cm³/mol. The number of hydrogen-bond donors (Lipinski definition) is 1. The Bertz CT molecular complexity index is 414. The van der Waals surface area contributed by atoms with E-state index >= 15 is 0 Å². The molecule has 0 radical (unpaired) electrons. The van der Waals surface area contributed by atoms with Gasteiger partial charge in [0.05, 0.1) is 0 Å². The van der Waals surface area contributed by atoms with Gasteiger partial charge in [-0.25, -0.2) is 0 Å². The van der Waals surface area contributed by atoms with Crippen molar-refractivity contribution in [2.75, 3.05) is 13.6 Å². The summed E-state index contributed by atoms with van der Waals surface area (Å²) in [7, 11) is 2.23. The van der Waals surface area contributed by atoms with Gasteiger partial charge < -0.3 is 15.2 Å². The molecule has 2 aliphatic rings. The molecular formula is C13H23N5. The predicted octanol–water partition coefficient (Wildman–Crippen LogP) is 0.578. The first-order chi connectivity index (χ1) is 8.74. The summed E-state index contributed by atoms with van der Waals surface area (Å²) in [4.78, 5) is 2.47. The summed E-state index contributed by atoms with van der Waals surface area (Å²) in [6.45, 7) is 2.11. The molecule has 0 aliphatic carbocycles. The lowest BCUT2D eigenvalue weighted by Gasteiger charge is -2.32. The summed E-state index contributed by atoms with van der Waals surface area (Å²) in [6, 6.07) is 0.904. The van der Waals surface area contributed by atoms with Crippen LogP contribution in [0.4, 0.5) is 0 Å². The van der Waals surface area contributed by atoms with Gasteiger partial charge in [0.1, 0.15) is 11.6 Å². The summed E-state index contributed by atoms with van der Waals surface area (Å²) in [5, 5.41) is 8.71. The molecule has 2 atom stereocenters. The van der Waals surface area contributed by atoms with Crippen LogP contribution in [0.15, 0.2) is 0 Å². The number of nitrogens with zero attached hydrogens (tertiary/aromatic N) is 4. The second kappa shape index (κ2) is 4.97. The third-order valence-corrected chi connectivity index (χ3v) is 4.40. The molecule has 100 valence electrons. The molecule has 18 heavy (non-hydrogen) atoms. The Balaban J connectivity index is 1.74. The number of fused-ring (bicyclic) bond motifs is 1. The summed E-state index contributed by atoms with van der Waals surface area (Å²) in [5.74, 6) is 2.27. The standard InChI is InChI=1S/C13H23N5/c1-17-7-3-2-4-11(17)8-13-16-15-12-6-5-10(14)9-18(12)13/h10-11H,2-9,14H2,1H3. The minimum atomic E-state index is 0.274. The van der Waals surface area contributed by atoms with Crippen molar-refractivity contribution < 1.29 is 0 Å². The van der Waals surface area contributed by atoms with Crippen LogP contribution in [0.2, 0.25) is 0 Å². The molecule has 1 saturated heterocycles. The topological polar surface area (TPSA) is 60.0 Å². The molecular weight excluding hydrogens is 226 g/mol. The molecule has 0 amide bonds. The number of piperidine rings is 1. The fraction of sp³-hybridized carbons (Fsp3) is 0.846. The number of nitrogens with two attached hydrogens (primary N) is 1. The van der Waals surface area contributed by atoms with Crippen LogP contribution in [0.1, 0.15) is 37.3 Å². The zero-order valence-electron chi connectivity index (χ0n) is 11.2. The SMILES string of the molecule is CN1CCCCC1Cc1nnc2n1CC(N)CC2. The minimum Gasteiger partial charge on any atom is -0.326 e. The van der Waals surface area contributed by atoms with Crippen LogP contribution in [0.25, 0.3) is 0 Å². The molecule has 0 saturated carbocycles. The van der Waals surface area contributed by atoms with E-state index in [2.05, 4.69) is 26.7 Å². The smallest absolute Gasteiger partial charge is 0.134 e. The summed E-state index contributed by atoms with van der Waals surface area (Å²) < 4.78 is 2.26. The second-order valence-corrected chi connectivity index (χ2v) is 5.78. The Kier molecular flexibility index (Phi) is 3.35. The van der Waals surface area contributed by atoms with Gasteiger partial charge in [0.15, 0.2) is 0 Å². The Hall–Kier alpha value is -0.940. The summed E-state index contributed by atoms with van der Waals surface area (Å²) in [5.41, 5.74) is 6.05. The fourth-order valence-corrected chi connectivity index (χ4v) is 3.17. The van der Waals surface area contributed by atoms with Crippen LogP contribution in [-0.2, 0) is 19.4 Å². The molecule has 2 N–H and O–H groups in total. The van der Waals surface area contributed by atoms with Crippen LogP contribution in [-0.4, -0.2) is 45.3 Å². The molecule has 3 heterocycles. The van der Waals surface area contributed by atoms with Gasteiger partial charge >= 0.3 is 0 Å². The highest BCUT2D eigenvalue weighted by Gasteiger charge is 2.25. The number of aryl methyl sites for hydroxylation is 1. The van der Waals surface area contributed by atoms with Gasteiger partial charge in [-0.3, -0.25) is 0 Å². The average Bonchev–Trinajstić information content (AvgIpc) is 2.75. The van der Waals surface area contributed by atoms with E-state index in [1.807, 2.05) is 0 Å². The average molecular weight is 249 g/mol. The lowest BCUT2D eigenvalue weighted by atomic mass is 9.99. The lowest BCUT2D eigenvalue weighted by Crippen LogP contribution is -2.39. The van der Waals surface area contributed by atoms with Crippen molar-refractivity contribution in [2.24, 2.45) is 5.73 Å². The van der Waals surface area contributed by atoms with E-state index in [9.17, 15) is 0 Å². The molecule has 1 aromatic rings. The number of likely N-dealkylation sites (N-methyl/N-ethyl adjacent to an activating group) is 1. The van der Waals surface area contributed by atoms with Crippen molar-refractivity contribution in [3.63, 3.8) is 0 Å². The first-order valence-electron chi connectivity index (χ1n) is 7.11. The first kappa shape index (κ1) is 12.1. The summed E-state index contributed by atoms with van der Waals surface area (Å²) >= 11 is 0. The zero-order valence-corrected chi connectivity index (χ0v) is 11.2. The minimum absolute atomic E-state index is 0.274. The third kappa shape index (κ3) is 2.29. The van der Waals surface area contributed by atoms with Gasteiger partial charge in [-0.05, 0) is 32.9 Å². The van der Waals surface area contributed by atoms with E-state index in [0.29, 0.717) is 6.04 Å². The van der Waals surface area contributed by atoms with E-state index in [4.69, 9.17) is 5.73 Å². The van der Waals surface area contributed by atoms with Crippen molar-refractivity contribution in [1.29, 1.82) is 0 Å². The van der Waals surface area contributed by atoms with E-state index in [0.717, 1.165) is 37.5 Å². The monoisotopic (exact) mass is 249 g/mol. The van der Waals surface area contributed by atoms with Crippen LogP contribution in [0.5, 0.6) is 0 Å². The molecule has 2 unspecified atom stereocenters. The Morgan fingerprint density at radius 2 is 2.17 bits per heavy atom. The maximum Gasteiger partial charge on any atom is 0.134 e.